The number of rotatable bonds is 3. The van der Waals surface area contributed by atoms with Gasteiger partial charge in [0.2, 0.25) is 0 Å². The first-order valence-corrected chi connectivity index (χ1v) is 6.40. The minimum atomic E-state index is -0.784. The highest BCUT2D eigenvalue weighted by Gasteiger charge is 2.18. The van der Waals surface area contributed by atoms with Crippen molar-refractivity contribution in [3.05, 3.63) is 70.5 Å². The Kier molecular flexibility index (Phi) is 4.31. The highest BCUT2D eigenvalue weighted by molar-refractivity contribution is 5.94. The zero-order chi connectivity index (χ0) is 15.6. The second-order valence-electron chi connectivity index (χ2n) is 4.84. The summed E-state index contributed by atoms with van der Waals surface area (Å²) in [6, 6.07) is 6.34. The van der Waals surface area contributed by atoms with Crippen LogP contribution in [0.4, 0.5) is 13.2 Å². The number of halogens is 3. The Morgan fingerprint density at radius 1 is 1.05 bits per heavy atom. The van der Waals surface area contributed by atoms with Gasteiger partial charge in [0, 0.05) is 5.56 Å². The zero-order valence-corrected chi connectivity index (χ0v) is 11.6. The molecular formula is C16H14F3NO. The molecule has 110 valence electrons. The maximum absolute atomic E-state index is 13.6. The summed E-state index contributed by atoms with van der Waals surface area (Å²) in [4.78, 5) is 12.0. The lowest BCUT2D eigenvalue weighted by molar-refractivity contribution is 0.0935. The molecule has 21 heavy (non-hydrogen) atoms. The SMILES string of the molecule is Cc1ccc(F)c(C(=O)NC(C)c2cc(F)ccc2F)c1. The number of aryl methyl sites for hydroxylation is 1. The third-order valence-corrected chi connectivity index (χ3v) is 3.14. The molecule has 0 aliphatic rings. The molecule has 0 fully saturated rings. The molecule has 1 unspecified atom stereocenters. The number of nitrogens with one attached hydrogen (secondary N) is 1. The van der Waals surface area contributed by atoms with E-state index in [-0.39, 0.29) is 11.1 Å². The highest BCUT2D eigenvalue weighted by atomic mass is 19.1. The zero-order valence-electron chi connectivity index (χ0n) is 11.6. The number of carbonyl (C=O) groups is 1. The average molecular weight is 293 g/mol. The molecule has 0 saturated heterocycles. The van der Waals surface area contributed by atoms with Crippen LogP contribution >= 0.6 is 0 Å². The highest BCUT2D eigenvalue weighted by Crippen LogP contribution is 2.19. The van der Waals surface area contributed by atoms with Crippen LogP contribution in [0.1, 0.15) is 34.5 Å². The van der Waals surface area contributed by atoms with Gasteiger partial charge in [0.1, 0.15) is 17.5 Å². The van der Waals surface area contributed by atoms with E-state index in [1.807, 2.05) is 0 Å². The van der Waals surface area contributed by atoms with E-state index < -0.39 is 29.4 Å². The van der Waals surface area contributed by atoms with E-state index in [0.717, 1.165) is 23.8 Å². The van der Waals surface area contributed by atoms with E-state index in [9.17, 15) is 18.0 Å². The first kappa shape index (κ1) is 15.1. The van der Waals surface area contributed by atoms with Crippen LogP contribution in [0.5, 0.6) is 0 Å². The molecule has 0 saturated carbocycles. The van der Waals surface area contributed by atoms with Crippen LogP contribution in [0, 0.1) is 24.4 Å². The van der Waals surface area contributed by atoms with Gasteiger partial charge in [0.25, 0.3) is 5.91 Å². The first-order chi connectivity index (χ1) is 9.88. The largest absolute Gasteiger partial charge is 0.345 e. The van der Waals surface area contributed by atoms with Gasteiger partial charge in [0.05, 0.1) is 11.6 Å². The Morgan fingerprint density at radius 3 is 2.43 bits per heavy atom. The molecule has 2 rings (SSSR count). The molecule has 2 nitrogen and oxygen atoms in total. The fourth-order valence-electron chi connectivity index (χ4n) is 2.01. The summed E-state index contributed by atoms with van der Waals surface area (Å²) in [5.41, 5.74) is 0.612. The van der Waals surface area contributed by atoms with Crippen molar-refractivity contribution in [3.63, 3.8) is 0 Å². The standard InChI is InChI=1S/C16H14F3NO/c1-9-3-5-15(19)13(7-9)16(21)20-10(2)12-8-11(17)4-6-14(12)18/h3-8,10H,1-2H3,(H,20,21). The molecule has 1 amide bonds. The lowest BCUT2D eigenvalue weighted by Gasteiger charge is -2.15. The first-order valence-electron chi connectivity index (χ1n) is 6.40. The van der Waals surface area contributed by atoms with Crippen LogP contribution in [0.25, 0.3) is 0 Å². The number of amides is 1. The molecule has 0 aliphatic carbocycles. The molecule has 0 spiro atoms. The summed E-state index contributed by atoms with van der Waals surface area (Å²) in [6.07, 6.45) is 0. The molecule has 0 heterocycles. The van der Waals surface area contributed by atoms with Gasteiger partial charge in [-0.25, -0.2) is 13.2 Å². The van der Waals surface area contributed by atoms with Crippen molar-refractivity contribution < 1.29 is 18.0 Å². The molecule has 0 bridgehead atoms. The number of benzene rings is 2. The molecule has 2 aromatic carbocycles. The Labute approximate surface area is 120 Å². The fourth-order valence-corrected chi connectivity index (χ4v) is 2.01. The van der Waals surface area contributed by atoms with Crippen LogP contribution < -0.4 is 5.32 Å². The van der Waals surface area contributed by atoms with Gasteiger partial charge >= 0.3 is 0 Å². The summed E-state index contributed by atoms with van der Waals surface area (Å²) in [6.45, 7) is 3.23. The number of hydrogen-bond acceptors (Lipinski definition) is 1. The lowest BCUT2D eigenvalue weighted by Crippen LogP contribution is -2.28. The quantitative estimate of drug-likeness (QED) is 0.913. The van der Waals surface area contributed by atoms with Crippen LogP contribution in [0.15, 0.2) is 36.4 Å². The van der Waals surface area contributed by atoms with Gasteiger partial charge in [0.15, 0.2) is 0 Å². The minimum Gasteiger partial charge on any atom is -0.345 e. The van der Waals surface area contributed by atoms with Crippen LogP contribution in [-0.2, 0) is 0 Å². The van der Waals surface area contributed by atoms with Gasteiger partial charge in [-0.3, -0.25) is 4.79 Å². The predicted octanol–water partition coefficient (Wildman–Crippen LogP) is 3.90. The Balaban J connectivity index is 2.23. The predicted molar refractivity (Wildman–Crippen MR) is 73.4 cm³/mol. The van der Waals surface area contributed by atoms with Crippen molar-refractivity contribution in [2.24, 2.45) is 0 Å². The van der Waals surface area contributed by atoms with Gasteiger partial charge in [-0.05, 0) is 44.2 Å². The molecule has 0 aromatic heterocycles. The second kappa shape index (κ2) is 5.99. The summed E-state index contributed by atoms with van der Waals surface area (Å²) < 4.78 is 40.4. The molecule has 0 aliphatic heterocycles. The fraction of sp³-hybridized carbons (Fsp3) is 0.188. The van der Waals surface area contributed by atoms with Gasteiger partial charge in [-0.1, -0.05) is 11.6 Å². The second-order valence-corrected chi connectivity index (χ2v) is 4.84. The molecule has 2 aromatic rings. The van der Waals surface area contributed by atoms with E-state index >= 15 is 0 Å². The summed E-state index contributed by atoms with van der Waals surface area (Å²) in [7, 11) is 0. The summed E-state index contributed by atoms with van der Waals surface area (Å²) >= 11 is 0. The van der Waals surface area contributed by atoms with E-state index in [4.69, 9.17) is 0 Å². The molecule has 5 heteroatoms. The summed E-state index contributed by atoms with van der Waals surface area (Å²) in [5, 5.41) is 2.46. The van der Waals surface area contributed by atoms with Crippen molar-refractivity contribution in [1.29, 1.82) is 0 Å². The average Bonchev–Trinajstić information content (AvgIpc) is 2.43. The Morgan fingerprint density at radius 2 is 1.71 bits per heavy atom. The molecular weight excluding hydrogens is 279 g/mol. The maximum atomic E-state index is 13.6. The smallest absolute Gasteiger partial charge is 0.254 e. The topological polar surface area (TPSA) is 29.1 Å². The Hall–Kier alpha value is -2.30. The van der Waals surface area contributed by atoms with Crippen molar-refractivity contribution >= 4 is 5.91 Å². The minimum absolute atomic E-state index is 0.0106. The van der Waals surface area contributed by atoms with Gasteiger partial charge < -0.3 is 5.32 Å². The van der Waals surface area contributed by atoms with Gasteiger partial charge in [-0.15, -0.1) is 0 Å². The molecule has 0 radical (unpaired) electrons. The van der Waals surface area contributed by atoms with Crippen LogP contribution in [0.2, 0.25) is 0 Å². The van der Waals surface area contributed by atoms with E-state index in [0.29, 0.717) is 0 Å². The normalized spacial score (nSPS) is 12.0. The van der Waals surface area contributed by atoms with E-state index in [1.54, 1.807) is 13.0 Å². The number of carbonyl (C=O) groups excluding carboxylic acids is 1. The van der Waals surface area contributed by atoms with E-state index in [2.05, 4.69) is 5.32 Å². The Bertz CT molecular complexity index is 685. The van der Waals surface area contributed by atoms with Gasteiger partial charge in [-0.2, -0.15) is 0 Å². The summed E-state index contributed by atoms with van der Waals surface area (Å²) in [5.74, 6) is -2.57. The molecule has 1 N–H and O–H groups in total. The van der Waals surface area contributed by atoms with E-state index in [1.165, 1.54) is 19.1 Å². The number of hydrogen-bond donors (Lipinski definition) is 1. The third kappa shape index (κ3) is 3.42. The molecule has 1 atom stereocenters. The van der Waals surface area contributed by atoms with Crippen molar-refractivity contribution in [3.8, 4) is 0 Å². The van der Waals surface area contributed by atoms with Crippen molar-refractivity contribution in [2.45, 2.75) is 19.9 Å². The monoisotopic (exact) mass is 293 g/mol. The van der Waals surface area contributed by atoms with Crippen LogP contribution in [0.3, 0.4) is 0 Å². The third-order valence-electron chi connectivity index (χ3n) is 3.14. The van der Waals surface area contributed by atoms with Crippen molar-refractivity contribution in [2.75, 3.05) is 0 Å². The lowest BCUT2D eigenvalue weighted by atomic mass is 10.1. The van der Waals surface area contributed by atoms with Crippen LogP contribution in [-0.4, -0.2) is 5.91 Å². The van der Waals surface area contributed by atoms with Crippen molar-refractivity contribution in [1.82, 2.24) is 5.32 Å². The maximum Gasteiger partial charge on any atom is 0.254 e.